The lowest BCUT2D eigenvalue weighted by atomic mass is 10.1. The van der Waals surface area contributed by atoms with Crippen LogP contribution in [0, 0.1) is 0 Å². The van der Waals surface area contributed by atoms with Crippen molar-refractivity contribution in [2.75, 3.05) is 25.6 Å². The van der Waals surface area contributed by atoms with Crippen molar-refractivity contribution < 1.29 is 14.3 Å². The van der Waals surface area contributed by atoms with Crippen LogP contribution in [0.1, 0.15) is 26.2 Å². The number of hydrogen-bond acceptors (Lipinski definition) is 4. The maximum Gasteiger partial charge on any atom is 0.241 e. The van der Waals surface area contributed by atoms with E-state index in [1.54, 1.807) is 19.2 Å². The minimum atomic E-state index is -0.546. The van der Waals surface area contributed by atoms with E-state index in [4.69, 9.17) is 38.4 Å². The highest BCUT2D eigenvalue weighted by Gasteiger charge is 2.15. The van der Waals surface area contributed by atoms with Gasteiger partial charge in [-0.2, -0.15) is 0 Å². The second-order valence-corrected chi connectivity index (χ2v) is 5.66. The second-order valence-electron chi connectivity index (χ2n) is 4.85. The van der Waals surface area contributed by atoms with Crippen LogP contribution in [0.3, 0.4) is 0 Å². The summed E-state index contributed by atoms with van der Waals surface area (Å²) in [6.45, 7) is 2.81. The van der Waals surface area contributed by atoms with Gasteiger partial charge in [0, 0.05) is 12.8 Å². The number of hydrogen-bond donors (Lipinski definition) is 2. The third-order valence-corrected chi connectivity index (χ3v) is 3.57. The quantitative estimate of drug-likeness (QED) is 0.670. The number of halogens is 2. The third kappa shape index (κ3) is 6.01. The summed E-state index contributed by atoms with van der Waals surface area (Å²) in [6.07, 6.45) is 2.54. The average Bonchev–Trinajstić information content (AvgIpc) is 2.47. The summed E-state index contributed by atoms with van der Waals surface area (Å²) >= 11 is 12.3. The van der Waals surface area contributed by atoms with Gasteiger partial charge in [0.1, 0.15) is 6.61 Å². The highest BCUT2D eigenvalue weighted by atomic mass is 35.5. The molecule has 0 aliphatic heterocycles. The van der Waals surface area contributed by atoms with Crippen LogP contribution in [0.15, 0.2) is 12.1 Å². The first-order valence-electron chi connectivity index (χ1n) is 7.16. The summed E-state index contributed by atoms with van der Waals surface area (Å²) in [7, 11) is 1.58. The van der Waals surface area contributed by atoms with Gasteiger partial charge >= 0.3 is 0 Å². The monoisotopic (exact) mass is 348 g/mol. The fourth-order valence-electron chi connectivity index (χ4n) is 1.79. The molecule has 124 valence electrons. The van der Waals surface area contributed by atoms with Crippen LogP contribution < -0.4 is 15.8 Å². The van der Waals surface area contributed by atoms with Crippen LogP contribution in [0.5, 0.6) is 5.75 Å². The van der Waals surface area contributed by atoms with Crippen LogP contribution >= 0.6 is 23.2 Å². The van der Waals surface area contributed by atoms with Crippen LogP contribution in [0.4, 0.5) is 5.69 Å². The number of nitrogens with two attached hydrogens (primary N) is 1. The molecule has 0 saturated carbocycles. The van der Waals surface area contributed by atoms with E-state index < -0.39 is 6.04 Å². The second kappa shape index (κ2) is 9.90. The molecule has 1 unspecified atom stereocenters. The molecule has 0 fully saturated rings. The molecule has 0 aromatic heterocycles. The van der Waals surface area contributed by atoms with E-state index in [1.165, 1.54) is 0 Å². The van der Waals surface area contributed by atoms with Crippen LogP contribution in [-0.2, 0) is 9.53 Å². The molecule has 0 bridgehead atoms. The van der Waals surface area contributed by atoms with Gasteiger partial charge < -0.3 is 20.5 Å². The minimum absolute atomic E-state index is 0.256. The molecule has 7 heteroatoms. The Morgan fingerprint density at radius 2 is 1.95 bits per heavy atom. The number of rotatable bonds is 9. The highest BCUT2D eigenvalue weighted by molar-refractivity contribution is 6.37. The molecule has 0 radical (unpaired) electrons. The molecule has 0 heterocycles. The Kier molecular flexibility index (Phi) is 8.56. The van der Waals surface area contributed by atoms with Crippen molar-refractivity contribution in [1.82, 2.24) is 0 Å². The highest BCUT2D eigenvalue weighted by Crippen LogP contribution is 2.36. The molecule has 22 heavy (non-hydrogen) atoms. The first kappa shape index (κ1) is 19.0. The Morgan fingerprint density at radius 3 is 2.50 bits per heavy atom. The summed E-state index contributed by atoms with van der Waals surface area (Å²) in [5.41, 5.74) is 6.31. The van der Waals surface area contributed by atoms with Gasteiger partial charge in [-0.15, -0.1) is 0 Å². The van der Waals surface area contributed by atoms with Gasteiger partial charge in [0.25, 0.3) is 0 Å². The van der Waals surface area contributed by atoms with E-state index in [0.29, 0.717) is 41.1 Å². The minimum Gasteiger partial charge on any atom is -0.488 e. The number of carbonyl (C=O) groups excluding carboxylic acids is 1. The number of amides is 1. The van der Waals surface area contributed by atoms with Crippen molar-refractivity contribution in [3.8, 4) is 5.75 Å². The fraction of sp³-hybridized carbons (Fsp3) is 0.533. The van der Waals surface area contributed by atoms with Crippen molar-refractivity contribution in [3.63, 3.8) is 0 Å². The van der Waals surface area contributed by atoms with Crippen LogP contribution in [-0.4, -0.2) is 32.3 Å². The molecule has 0 aliphatic rings. The maximum atomic E-state index is 12.0. The predicted molar refractivity (Wildman–Crippen MR) is 90.0 cm³/mol. The number of methoxy groups -OCH3 is 1. The van der Waals surface area contributed by atoms with Gasteiger partial charge in [-0.05, 0) is 18.6 Å². The fourth-order valence-corrected chi connectivity index (χ4v) is 2.38. The molecule has 5 nitrogen and oxygen atoms in total. The first-order chi connectivity index (χ1) is 10.5. The van der Waals surface area contributed by atoms with E-state index in [1.807, 2.05) is 6.92 Å². The molecule has 3 N–H and O–H groups in total. The van der Waals surface area contributed by atoms with Crippen molar-refractivity contribution in [1.29, 1.82) is 0 Å². The van der Waals surface area contributed by atoms with Gasteiger partial charge in [0.2, 0.25) is 5.91 Å². The summed E-state index contributed by atoms with van der Waals surface area (Å²) in [6, 6.07) is 2.62. The van der Waals surface area contributed by atoms with Crippen molar-refractivity contribution in [3.05, 3.63) is 22.2 Å². The lowest BCUT2D eigenvalue weighted by Gasteiger charge is -2.14. The molecular weight excluding hydrogens is 327 g/mol. The smallest absolute Gasteiger partial charge is 0.241 e. The first-order valence-corrected chi connectivity index (χ1v) is 7.92. The third-order valence-electron chi connectivity index (χ3n) is 3.01. The summed E-state index contributed by atoms with van der Waals surface area (Å²) < 4.78 is 10.3. The van der Waals surface area contributed by atoms with E-state index >= 15 is 0 Å². The van der Waals surface area contributed by atoms with Gasteiger partial charge in [-0.3, -0.25) is 4.79 Å². The molecule has 1 aromatic carbocycles. The SMILES string of the molecule is CCCCC(N)C(=O)Nc1cc(Cl)c(OCCOC)c(Cl)c1. The van der Waals surface area contributed by atoms with Crippen molar-refractivity contribution in [2.24, 2.45) is 5.73 Å². The largest absolute Gasteiger partial charge is 0.488 e. The molecular formula is C15H22Cl2N2O3. The van der Waals surface area contributed by atoms with Gasteiger partial charge in [-0.1, -0.05) is 43.0 Å². The lowest BCUT2D eigenvalue weighted by molar-refractivity contribution is -0.117. The number of nitrogens with one attached hydrogen (secondary N) is 1. The lowest BCUT2D eigenvalue weighted by Crippen LogP contribution is -2.35. The van der Waals surface area contributed by atoms with E-state index in [-0.39, 0.29) is 5.91 Å². The van der Waals surface area contributed by atoms with Crippen LogP contribution in [0.2, 0.25) is 10.0 Å². The molecule has 0 aliphatic carbocycles. The van der Waals surface area contributed by atoms with Gasteiger partial charge in [0.15, 0.2) is 5.75 Å². The van der Waals surface area contributed by atoms with Crippen molar-refractivity contribution >= 4 is 34.8 Å². The van der Waals surface area contributed by atoms with E-state index in [9.17, 15) is 4.79 Å². The Labute approximate surface area is 141 Å². The topological polar surface area (TPSA) is 73.6 Å². The number of anilines is 1. The van der Waals surface area contributed by atoms with Crippen LogP contribution in [0.25, 0.3) is 0 Å². The molecule has 1 rings (SSSR count). The van der Waals surface area contributed by atoms with Crippen molar-refractivity contribution in [2.45, 2.75) is 32.2 Å². The van der Waals surface area contributed by atoms with E-state index in [0.717, 1.165) is 12.8 Å². The zero-order valence-electron chi connectivity index (χ0n) is 12.8. The average molecular weight is 349 g/mol. The zero-order valence-corrected chi connectivity index (χ0v) is 14.3. The summed E-state index contributed by atoms with van der Waals surface area (Å²) in [5.74, 6) is 0.113. The standard InChI is InChI=1S/C15H22Cl2N2O3/c1-3-4-5-13(18)15(20)19-10-8-11(16)14(12(17)9-10)22-7-6-21-2/h8-9,13H,3-7,18H2,1-2H3,(H,19,20). The number of ether oxygens (including phenoxy) is 2. The molecule has 1 aromatic rings. The number of carbonyl (C=O) groups is 1. The Balaban J connectivity index is 2.71. The Hall–Kier alpha value is -1.01. The maximum absolute atomic E-state index is 12.0. The summed E-state index contributed by atoms with van der Waals surface area (Å²) in [5, 5.41) is 3.35. The molecule has 1 atom stereocenters. The number of benzene rings is 1. The zero-order chi connectivity index (χ0) is 16.5. The Morgan fingerprint density at radius 1 is 1.32 bits per heavy atom. The normalized spacial score (nSPS) is 12.0. The Bertz CT molecular complexity index is 475. The molecule has 0 saturated heterocycles. The van der Waals surface area contributed by atoms with E-state index in [2.05, 4.69) is 5.32 Å². The molecule has 1 amide bonds. The number of unbranched alkanes of at least 4 members (excludes halogenated alkanes) is 1. The van der Waals surface area contributed by atoms with Gasteiger partial charge in [0.05, 0.1) is 22.7 Å². The van der Waals surface area contributed by atoms with Gasteiger partial charge in [-0.25, -0.2) is 0 Å². The summed E-state index contributed by atoms with van der Waals surface area (Å²) in [4.78, 5) is 12.0. The molecule has 0 spiro atoms. The predicted octanol–water partition coefficient (Wildman–Crippen LogP) is 3.47.